The molecule has 20 heavy (non-hydrogen) atoms. The van der Waals surface area contributed by atoms with Crippen molar-refractivity contribution in [1.29, 1.82) is 0 Å². The van der Waals surface area contributed by atoms with Crippen molar-refractivity contribution in [2.75, 3.05) is 18.1 Å². The minimum atomic E-state index is -3.77. The van der Waals surface area contributed by atoms with Gasteiger partial charge in [0, 0.05) is 0 Å². The first-order valence-corrected chi connectivity index (χ1v) is 9.97. The normalized spacial score (nSPS) is 12.3. The highest BCUT2D eigenvalue weighted by Gasteiger charge is 2.13. The maximum absolute atomic E-state index is 11.5. The van der Waals surface area contributed by atoms with Crippen LogP contribution in [0.5, 0.6) is 5.75 Å². The Morgan fingerprint density at radius 3 is 2.35 bits per heavy atom. The van der Waals surface area contributed by atoms with Crippen LogP contribution in [0.2, 0.25) is 0 Å². The quantitative estimate of drug-likeness (QED) is 0.761. The third-order valence-electron chi connectivity index (χ3n) is 2.40. The highest BCUT2D eigenvalue weighted by molar-refractivity contribution is 9.10. The summed E-state index contributed by atoms with van der Waals surface area (Å²) in [6.45, 7) is 1.80. The van der Waals surface area contributed by atoms with Crippen LogP contribution in [0.25, 0.3) is 0 Å². The predicted octanol–water partition coefficient (Wildman–Crippen LogP) is 1.30. The SMILES string of the molecule is CCCS(=O)(=O)CCOc1ccc(S(N)(=O)=O)cc1Br. The van der Waals surface area contributed by atoms with Crippen LogP contribution in [0.1, 0.15) is 13.3 Å². The second-order valence-electron chi connectivity index (χ2n) is 4.14. The van der Waals surface area contributed by atoms with Crippen LogP contribution < -0.4 is 9.88 Å². The van der Waals surface area contributed by atoms with Crippen LogP contribution in [0, 0.1) is 0 Å². The van der Waals surface area contributed by atoms with Gasteiger partial charge in [-0.15, -0.1) is 0 Å². The molecule has 0 fully saturated rings. The summed E-state index contributed by atoms with van der Waals surface area (Å²) in [5.74, 6) is 0.413. The highest BCUT2D eigenvalue weighted by atomic mass is 79.9. The molecule has 0 aromatic heterocycles. The molecule has 1 rings (SSSR count). The average Bonchev–Trinajstić information content (AvgIpc) is 2.29. The van der Waals surface area contributed by atoms with E-state index in [-0.39, 0.29) is 23.0 Å². The fourth-order valence-electron chi connectivity index (χ4n) is 1.47. The number of benzene rings is 1. The third-order valence-corrected chi connectivity index (χ3v) is 5.75. The second kappa shape index (κ2) is 6.88. The summed E-state index contributed by atoms with van der Waals surface area (Å²) in [6, 6.07) is 4.04. The standard InChI is InChI=1S/C11H16BrNO5S2/c1-2-6-19(14,15)7-5-18-11-4-3-9(8-10(11)12)20(13,16)17/h3-4,8H,2,5-7H2,1H3,(H2,13,16,17). The fraction of sp³-hybridized carbons (Fsp3) is 0.455. The van der Waals surface area contributed by atoms with Gasteiger partial charge >= 0.3 is 0 Å². The highest BCUT2D eigenvalue weighted by Crippen LogP contribution is 2.27. The van der Waals surface area contributed by atoms with Crippen LogP contribution in [0.15, 0.2) is 27.6 Å². The van der Waals surface area contributed by atoms with Crippen molar-refractivity contribution in [2.45, 2.75) is 18.2 Å². The van der Waals surface area contributed by atoms with Crippen molar-refractivity contribution < 1.29 is 21.6 Å². The molecule has 9 heteroatoms. The molecule has 0 aliphatic rings. The molecular weight excluding hydrogens is 370 g/mol. The van der Waals surface area contributed by atoms with Crippen molar-refractivity contribution in [1.82, 2.24) is 0 Å². The van der Waals surface area contributed by atoms with Gasteiger partial charge in [-0.3, -0.25) is 0 Å². The first-order chi connectivity index (χ1) is 9.15. The molecule has 1 aromatic rings. The van der Waals surface area contributed by atoms with E-state index >= 15 is 0 Å². The number of nitrogens with two attached hydrogens (primary N) is 1. The molecule has 1 aromatic carbocycles. The van der Waals surface area contributed by atoms with Crippen molar-refractivity contribution >= 4 is 35.8 Å². The van der Waals surface area contributed by atoms with Gasteiger partial charge in [0.1, 0.15) is 12.4 Å². The van der Waals surface area contributed by atoms with Gasteiger partial charge in [0.05, 0.1) is 20.9 Å². The Labute approximate surface area is 127 Å². The Morgan fingerprint density at radius 1 is 1.20 bits per heavy atom. The van der Waals surface area contributed by atoms with Gasteiger partial charge < -0.3 is 4.74 Å². The molecule has 0 aliphatic carbocycles. The molecule has 0 unspecified atom stereocenters. The van der Waals surface area contributed by atoms with Crippen molar-refractivity contribution in [3.05, 3.63) is 22.7 Å². The third kappa shape index (κ3) is 5.39. The van der Waals surface area contributed by atoms with Gasteiger partial charge in [-0.2, -0.15) is 0 Å². The van der Waals surface area contributed by atoms with E-state index in [0.717, 1.165) is 0 Å². The molecule has 0 radical (unpaired) electrons. The van der Waals surface area contributed by atoms with E-state index in [9.17, 15) is 16.8 Å². The van der Waals surface area contributed by atoms with E-state index in [1.807, 2.05) is 0 Å². The molecule has 0 atom stereocenters. The molecule has 0 aliphatic heterocycles. The zero-order valence-corrected chi connectivity index (χ0v) is 14.1. The number of hydrogen-bond acceptors (Lipinski definition) is 5. The molecule has 0 bridgehead atoms. The summed E-state index contributed by atoms with van der Waals surface area (Å²) >= 11 is 3.16. The lowest BCUT2D eigenvalue weighted by Gasteiger charge is -2.09. The Balaban J connectivity index is 2.71. The number of primary sulfonamides is 1. The van der Waals surface area contributed by atoms with E-state index in [0.29, 0.717) is 16.6 Å². The van der Waals surface area contributed by atoms with Crippen molar-refractivity contribution in [3.63, 3.8) is 0 Å². The van der Waals surface area contributed by atoms with E-state index in [1.54, 1.807) is 6.92 Å². The Bertz CT molecular complexity index is 670. The maximum Gasteiger partial charge on any atom is 0.238 e. The lowest BCUT2D eigenvalue weighted by molar-refractivity contribution is 0.338. The fourth-order valence-corrected chi connectivity index (χ4v) is 3.82. The summed E-state index contributed by atoms with van der Waals surface area (Å²) in [5.41, 5.74) is 0. The number of rotatable bonds is 7. The number of ether oxygens (including phenoxy) is 1. The summed E-state index contributed by atoms with van der Waals surface area (Å²) in [4.78, 5) is -0.0460. The van der Waals surface area contributed by atoms with Gasteiger partial charge in [-0.05, 0) is 40.5 Å². The summed E-state index contributed by atoms with van der Waals surface area (Å²) in [7, 11) is -6.88. The molecule has 6 nitrogen and oxygen atoms in total. The molecule has 114 valence electrons. The Morgan fingerprint density at radius 2 is 1.85 bits per heavy atom. The van der Waals surface area contributed by atoms with Crippen molar-refractivity contribution in [2.24, 2.45) is 5.14 Å². The van der Waals surface area contributed by atoms with Gasteiger partial charge in [0.25, 0.3) is 0 Å². The van der Waals surface area contributed by atoms with Crippen LogP contribution >= 0.6 is 15.9 Å². The van der Waals surface area contributed by atoms with E-state index < -0.39 is 19.9 Å². The minimum absolute atomic E-state index is 0.00958. The minimum Gasteiger partial charge on any atom is -0.491 e. The topological polar surface area (TPSA) is 104 Å². The number of sulfone groups is 1. The lowest BCUT2D eigenvalue weighted by Crippen LogP contribution is -2.17. The van der Waals surface area contributed by atoms with Gasteiger partial charge in [0.2, 0.25) is 10.0 Å². The largest absolute Gasteiger partial charge is 0.491 e. The molecule has 2 N–H and O–H groups in total. The molecule has 0 saturated heterocycles. The molecule has 0 heterocycles. The predicted molar refractivity (Wildman–Crippen MR) is 80.0 cm³/mol. The lowest BCUT2D eigenvalue weighted by atomic mass is 10.3. The summed E-state index contributed by atoms with van der Waals surface area (Å²) in [5, 5.41) is 5.00. The second-order valence-corrected chi connectivity index (χ2v) is 8.86. The van der Waals surface area contributed by atoms with Crippen LogP contribution in [0.3, 0.4) is 0 Å². The van der Waals surface area contributed by atoms with Gasteiger partial charge in [-0.1, -0.05) is 6.92 Å². The van der Waals surface area contributed by atoms with Gasteiger partial charge in [-0.25, -0.2) is 22.0 Å². The molecule has 0 spiro atoms. The molecular formula is C11H16BrNO5S2. The first kappa shape index (κ1) is 17.4. The molecule has 0 saturated carbocycles. The zero-order chi connectivity index (χ0) is 15.4. The smallest absolute Gasteiger partial charge is 0.238 e. The van der Waals surface area contributed by atoms with E-state index in [2.05, 4.69) is 15.9 Å². The monoisotopic (exact) mass is 385 g/mol. The van der Waals surface area contributed by atoms with Crippen LogP contribution in [-0.4, -0.2) is 34.9 Å². The van der Waals surface area contributed by atoms with Crippen LogP contribution in [0.4, 0.5) is 0 Å². The van der Waals surface area contributed by atoms with Crippen LogP contribution in [-0.2, 0) is 19.9 Å². The summed E-state index contributed by atoms with van der Waals surface area (Å²) in [6.07, 6.45) is 0.565. The number of sulfonamides is 1. The average molecular weight is 386 g/mol. The number of halogens is 1. The van der Waals surface area contributed by atoms with Crippen molar-refractivity contribution in [3.8, 4) is 5.75 Å². The van der Waals surface area contributed by atoms with E-state index in [1.165, 1.54) is 18.2 Å². The zero-order valence-electron chi connectivity index (χ0n) is 10.9. The molecule has 0 amide bonds. The Kier molecular flexibility index (Phi) is 5.99. The van der Waals surface area contributed by atoms with E-state index in [4.69, 9.17) is 9.88 Å². The maximum atomic E-state index is 11.5. The van der Waals surface area contributed by atoms with Gasteiger partial charge in [0.15, 0.2) is 9.84 Å². The first-order valence-electron chi connectivity index (χ1n) is 5.81. The Hall–Kier alpha value is -0.640. The number of hydrogen-bond donors (Lipinski definition) is 1. The summed E-state index contributed by atoms with van der Waals surface area (Å²) < 4.78 is 51.0.